The summed E-state index contributed by atoms with van der Waals surface area (Å²) in [5.74, 6) is -0.822. The zero-order chi connectivity index (χ0) is 23.2. The van der Waals surface area contributed by atoms with Crippen molar-refractivity contribution in [3.05, 3.63) is 105 Å². The maximum absolute atomic E-state index is 14.1. The third-order valence-electron chi connectivity index (χ3n) is 6.54. The van der Waals surface area contributed by atoms with E-state index in [-0.39, 0.29) is 5.78 Å². The maximum Gasteiger partial charge on any atom is 0.185 e. The van der Waals surface area contributed by atoms with Crippen molar-refractivity contribution < 1.29 is 4.79 Å². The first kappa shape index (κ1) is 21.5. The smallest absolute Gasteiger partial charge is 0.185 e. The van der Waals surface area contributed by atoms with Crippen LogP contribution in [0.4, 0.5) is 5.69 Å². The van der Waals surface area contributed by atoms with E-state index in [1.165, 1.54) is 0 Å². The van der Waals surface area contributed by atoms with Gasteiger partial charge in [-0.1, -0.05) is 88.2 Å². The summed E-state index contributed by atoms with van der Waals surface area (Å²) in [5.41, 5.74) is 1.45. The van der Waals surface area contributed by atoms with Crippen molar-refractivity contribution in [3.63, 3.8) is 0 Å². The van der Waals surface area contributed by atoms with Crippen LogP contribution in [0.2, 0.25) is 5.02 Å². The minimum absolute atomic E-state index is 0.134. The van der Waals surface area contributed by atoms with Gasteiger partial charge in [-0.15, -0.1) is 0 Å². The summed E-state index contributed by atoms with van der Waals surface area (Å²) >= 11 is 9.85. The van der Waals surface area contributed by atoms with E-state index in [1.54, 1.807) is 18.2 Å². The van der Waals surface area contributed by atoms with Crippen LogP contribution in [0.5, 0.6) is 0 Å². The van der Waals surface area contributed by atoms with Crippen molar-refractivity contribution in [2.75, 3.05) is 4.90 Å². The molecule has 6 heteroatoms. The molecule has 1 saturated heterocycles. The van der Waals surface area contributed by atoms with Gasteiger partial charge in [0.1, 0.15) is 6.04 Å². The van der Waals surface area contributed by atoms with Gasteiger partial charge in [0.05, 0.1) is 18.2 Å². The summed E-state index contributed by atoms with van der Waals surface area (Å²) in [5, 5.41) is 21.5. The number of hydrogen-bond donors (Lipinski definition) is 0. The number of ketones is 1. The molecule has 2 aliphatic rings. The lowest BCUT2D eigenvalue weighted by Gasteiger charge is -2.35. The summed E-state index contributed by atoms with van der Waals surface area (Å²) in [6.07, 6.45) is 3.74. The van der Waals surface area contributed by atoms with E-state index in [0.717, 1.165) is 21.3 Å². The van der Waals surface area contributed by atoms with Gasteiger partial charge in [0.25, 0.3) is 0 Å². The van der Waals surface area contributed by atoms with Gasteiger partial charge in [-0.05, 0) is 35.4 Å². The zero-order valence-corrected chi connectivity index (χ0v) is 19.7. The summed E-state index contributed by atoms with van der Waals surface area (Å²) in [4.78, 5) is 16.0. The highest BCUT2D eigenvalue weighted by Crippen LogP contribution is 2.56. The number of carbonyl (C=O) groups excluding carboxylic acids is 1. The molecule has 3 aromatic rings. The highest BCUT2D eigenvalue weighted by atomic mass is 79.9. The molecule has 33 heavy (non-hydrogen) atoms. The van der Waals surface area contributed by atoms with Crippen LogP contribution in [0.15, 0.2) is 83.3 Å². The number of rotatable bonds is 3. The number of nitriles is 2. The molecule has 1 fully saturated rings. The molecule has 0 spiro atoms. The Morgan fingerprint density at radius 2 is 1.70 bits per heavy atom. The molecule has 2 aliphatic heterocycles. The first-order valence-corrected chi connectivity index (χ1v) is 11.6. The van der Waals surface area contributed by atoms with Gasteiger partial charge in [0, 0.05) is 26.7 Å². The van der Waals surface area contributed by atoms with Crippen LogP contribution >= 0.6 is 27.5 Å². The van der Waals surface area contributed by atoms with Crippen LogP contribution in [-0.2, 0) is 0 Å². The van der Waals surface area contributed by atoms with Crippen molar-refractivity contribution in [3.8, 4) is 12.1 Å². The third kappa shape index (κ3) is 3.20. The second kappa shape index (κ2) is 8.19. The molecule has 0 radical (unpaired) electrons. The predicted molar refractivity (Wildman–Crippen MR) is 132 cm³/mol. The normalized spacial score (nSPS) is 22.1. The summed E-state index contributed by atoms with van der Waals surface area (Å²) in [7, 11) is 0. The van der Waals surface area contributed by atoms with Crippen LogP contribution < -0.4 is 4.90 Å². The van der Waals surface area contributed by atoms with Gasteiger partial charge >= 0.3 is 0 Å². The van der Waals surface area contributed by atoms with E-state index in [0.29, 0.717) is 10.6 Å². The number of hydrogen-bond acceptors (Lipinski definition) is 4. The Labute approximate surface area is 205 Å². The molecule has 0 amide bonds. The van der Waals surface area contributed by atoms with E-state index >= 15 is 0 Å². The van der Waals surface area contributed by atoms with Crippen LogP contribution in [0, 0.1) is 28.1 Å². The first-order chi connectivity index (χ1) is 16.0. The van der Waals surface area contributed by atoms with Crippen molar-refractivity contribution in [2.24, 2.45) is 5.41 Å². The first-order valence-electron chi connectivity index (χ1n) is 10.4. The highest BCUT2D eigenvalue weighted by molar-refractivity contribution is 9.10. The van der Waals surface area contributed by atoms with Crippen molar-refractivity contribution in [1.29, 1.82) is 10.5 Å². The van der Waals surface area contributed by atoms with Gasteiger partial charge in [0.15, 0.2) is 11.2 Å². The molecule has 160 valence electrons. The van der Waals surface area contributed by atoms with Gasteiger partial charge in [-0.25, -0.2) is 0 Å². The largest absolute Gasteiger partial charge is 0.351 e. The number of benzene rings is 3. The molecule has 0 aliphatic carbocycles. The predicted octanol–water partition coefficient (Wildman–Crippen LogP) is 6.39. The lowest BCUT2D eigenvalue weighted by atomic mass is 9.69. The molecule has 3 atom stereocenters. The Bertz CT molecular complexity index is 1360. The number of halogens is 2. The van der Waals surface area contributed by atoms with Crippen molar-refractivity contribution >= 4 is 45.1 Å². The number of nitrogens with zero attached hydrogens (tertiary/aromatic N) is 3. The average Bonchev–Trinajstić information content (AvgIpc) is 3.14. The van der Waals surface area contributed by atoms with Crippen molar-refractivity contribution in [1.82, 2.24) is 0 Å². The standard InChI is InChI=1S/C27H17BrClN3O/c28-21-9-5-4-8-20(21)24-25(26(33)17-6-2-1-3-7-17)32-22-12-11-19(29)14-18(22)10-13-23(32)27(24,15-30)16-31/h1-14,23-25H/t23-,24+,25+/m1/s1. The zero-order valence-electron chi connectivity index (χ0n) is 17.3. The molecular formula is C27H17BrClN3O. The number of Topliss-reactive ketones (excluding diaryl/α,β-unsaturated/α-hetero) is 1. The van der Waals surface area contributed by atoms with Gasteiger partial charge in [-0.3, -0.25) is 4.79 Å². The lowest BCUT2D eigenvalue weighted by molar-refractivity contribution is 0.0951. The number of carbonyl (C=O) groups is 1. The van der Waals surface area contributed by atoms with Crippen LogP contribution in [0.25, 0.3) is 6.08 Å². The summed E-state index contributed by atoms with van der Waals surface area (Å²) < 4.78 is 0.760. The number of anilines is 1. The Balaban J connectivity index is 1.81. The highest BCUT2D eigenvalue weighted by Gasteiger charge is 2.63. The molecule has 0 unspecified atom stereocenters. The Kier molecular flexibility index (Phi) is 5.33. The third-order valence-corrected chi connectivity index (χ3v) is 7.49. The molecular weight excluding hydrogens is 498 g/mol. The van der Waals surface area contributed by atoms with Gasteiger partial charge in [0.2, 0.25) is 0 Å². The second-order valence-corrected chi connectivity index (χ2v) is 9.47. The van der Waals surface area contributed by atoms with Crippen LogP contribution in [0.3, 0.4) is 0 Å². The monoisotopic (exact) mass is 513 g/mol. The fourth-order valence-electron chi connectivity index (χ4n) is 5.11. The Morgan fingerprint density at radius 1 is 1.00 bits per heavy atom. The molecule has 5 rings (SSSR count). The molecule has 0 N–H and O–H groups in total. The fourth-order valence-corrected chi connectivity index (χ4v) is 5.82. The quantitative estimate of drug-likeness (QED) is 0.380. The maximum atomic E-state index is 14.1. The van der Waals surface area contributed by atoms with E-state index in [4.69, 9.17) is 11.6 Å². The van der Waals surface area contributed by atoms with E-state index in [9.17, 15) is 15.3 Å². The fraction of sp³-hybridized carbons (Fsp3) is 0.148. The minimum Gasteiger partial charge on any atom is -0.351 e. The molecule has 0 bridgehead atoms. The SMILES string of the molecule is N#CC1(C#N)[C@@H](c2ccccc2Br)[C@@H](C(=O)c2ccccc2)N2c3ccc(Cl)cc3C=C[C@@H]21. The van der Waals surface area contributed by atoms with Crippen molar-refractivity contribution in [2.45, 2.75) is 18.0 Å². The molecule has 0 saturated carbocycles. The molecule has 0 aromatic heterocycles. The molecule has 2 heterocycles. The van der Waals surface area contributed by atoms with Gasteiger partial charge < -0.3 is 4.90 Å². The lowest BCUT2D eigenvalue weighted by Crippen LogP contribution is -2.44. The second-order valence-electron chi connectivity index (χ2n) is 8.18. The minimum atomic E-state index is -1.48. The Hall–Kier alpha value is -3.38. The topological polar surface area (TPSA) is 67.9 Å². The molecule has 3 aromatic carbocycles. The summed E-state index contributed by atoms with van der Waals surface area (Å²) in [6, 6.07) is 25.3. The average molecular weight is 515 g/mol. The molecule has 4 nitrogen and oxygen atoms in total. The van der Waals surface area contributed by atoms with Crippen LogP contribution in [0.1, 0.15) is 27.4 Å². The van der Waals surface area contributed by atoms with E-state index in [2.05, 4.69) is 28.1 Å². The van der Waals surface area contributed by atoms with Crippen LogP contribution in [-0.4, -0.2) is 17.9 Å². The number of fused-ring (bicyclic) bond motifs is 3. The van der Waals surface area contributed by atoms with E-state index < -0.39 is 23.4 Å². The Morgan fingerprint density at radius 3 is 2.39 bits per heavy atom. The van der Waals surface area contributed by atoms with Gasteiger partial charge in [-0.2, -0.15) is 10.5 Å². The summed E-state index contributed by atoms with van der Waals surface area (Å²) in [6.45, 7) is 0. The van der Waals surface area contributed by atoms with E-state index in [1.807, 2.05) is 71.6 Å².